The Kier molecular flexibility index (Phi) is 3.37. The molecule has 82 valence electrons. The smallest absolute Gasteiger partial charge is 0.0783 e. The zero-order valence-corrected chi connectivity index (χ0v) is 9.26. The summed E-state index contributed by atoms with van der Waals surface area (Å²) < 4.78 is 5.88. The summed E-state index contributed by atoms with van der Waals surface area (Å²) in [4.78, 5) is 0. The van der Waals surface area contributed by atoms with Crippen LogP contribution in [0.25, 0.3) is 0 Å². The van der Waals surface area contributed by atoms with Gasteiger partial charge in [-0.15, -0.1) is 0 Å². The van der Waals surface area contributed by atoms with E-state index in [1.807, 2.05) is 11.8 Å². The lowest BCUT2D eigenvalue weighted by Gasteiger charge is -2.39. The number of ether oxygens (including phenoxy) is 1. The Morgan fingerprint density at radius 1 is 1.64 bits per heavy atom. The number of rotatable bonds is 2. The number of nitrogens with two attached hydrogens (primary N) is 1. The minimum atomic E-state index is -0.332. The number of aliphatic hydroxyl groups excluding tert-OH is 1. The van der Waals surface area contributed by atoms with Gasteiger partial charge in [-0.1, -0.05) is 0 Å². The average molecular weight is 217 g/mol. The Morgan fingerprint density at radius 3 is 3.14 bits per heavy atom. The van der Waals surface area contributed by atoms with Crippen molar-refractivity contribution in [2.24, 2.45) is 11.7 Å². The third-order valence-corrected chi connectivity index (χ3v) is 4.61. The summed E-state index contributed by atoms with van der Waals surface area (Å²) in [6, 6.07) is 0. The lowest BCUT2D eigenvalue weighted by molar-refractivity contribution is -0.0994. The van der Waals surface area contributed by atoms with Crippen LogP contribution in [-0.2, 0) is 4.74 Å². The molecular formula is C10H19NO2S. The van der Waals surface area contributed by atoms with Gasteiger partial charge in [0.1, 0.15) is 0 Å². The monoisotopic (exact) mass is 217 g/mol. The Balaban J connectivity index is 1.96. The van der Waals surface area contributed by atoms with Crippen molar-refractivity contribution in [2.75, 3.05) is 24.7 Å². The molecule has 0 aromatic heterocycles. The third kappa shape index (κ3) is 2.08. The van der Waals surface area contributed by atoms with Gasteiger partial charge in [0.25, 0.3) is 0 Å². The van der Waals surface area contributed by atoms with Crippen LogP contribution in [0.3, 0.4) is 0 Å². The molecule has 0 aliphatic carbocycles. The molecule has 3 nitrogen and oxygen atoms in total. The molecule has 2 aliphatic rings. The molecule has 0 aromatic rings. The molecule has 0 saturated carbocycles. The molecule has 2 saturated heterocycles. The molecule has 0 aromatic carbocycles. The highest BCUT2D eigenvalue weighted by molar-refractivity contribution is 7.99. The van der Waals surface area contributed by atoms with Crippen molar-refractivity contribution in [1.29, 1.82) is 0 Å². The first-order chi connectivity index (χ1) is 6.76. The summed E-state index contributed by atoms with van der Waals surface area (Å²) in [5.41, 5.74) is 5.57. The van der Waals surface area contributed by atoms with Gasteiger partial charge in [0.2, 0.25) is 0 Å². The first-order valence-electron chi connectivity index (χ1n) is 5.36. The number of hydrogen-bond acceptors (Lipinski definition) is 4. The molecule has 14 heavy (non-hydrogen) atoms. The van der Waals surface area contributed by atoms with Gasteiger partial charge in [0.05, 0.1) is 11.7 Å². The Morgan fingerprint density at radius 2 is 2.50 bits per heavy atom. The van der Waals surface area contributed by atoms with Gasteiger partial charge in [-0.3, -0.25) is 0 Å². The quantitative estimate of drug-likeness (QED) is 0.711. The van der Waals surface area contributed by atoms with E-state index in [0.717, 1.165) is 31.6 Å². The summed E-state index contributed by atoms with van der Waals surface area (Å²) in [6.07, 6.45) is 2.77. The summed E-state index contributed by atoms with van der Waals surface area (Å²) in [7, 11) is 0. The fourth-order valence-corrected chi connectivity index (χ4v) is 3.83. The lowest BCUT2D eigenvalue weighted by atomic mass is 9.82. The lowest BCUT2D eigenvalue weighted by Crippen LogP contribution is -2.44. The van der Waals surface area contributed by atoms with Gasteiger partial charge in [-0.2, -0.15) is 11.8 Å². The molecule has 2 fully saturated rings. The zero-order valence-electron chi connectivity index (χ0n) is 8.45. The SMILES string of the molecule is NCC(O)C1CCOC2(CCSC2)C1. The summed E-state index contributed by atoms with van der Waals surface area (Å²) in [5, 5.41) is 9.74. The maximum Gasteiger partial charge on any atom is 0.0783 e. The van der Waals surface area contributed by atoms with Crippen molar-refractivity contribution in [3.8, 4) is 0 Å². The van der Waals surface area contributed by atoms with Crippen LogP contribution in [0.2, 0.25) is 0 Å². The number of hydrogen-bond donors (Lipinski definition) is 2. The molecule has 2 aliphatic heterocycles. The van der Waals surface area contributed by atoms with Crippen molar-refractivity contribution < 1.29 is 9.84 Å². The molecule has 0 radical (unpaired) electrons. The van der Waals surface area contributed by atoms with Gasteiger partial charge < -0.3 is 15.6 Å². The average Bonchev–Trinajstić information content (AvgIpc) is 2.65. The van der Waals surface area contributed by atoms with E-state index >= 15 is 0 Å². The topological polar surface area (TPSA) is 55.5 Å². The van der Waals surface area contributed by atoms with Gasteiger partial charge in [0.15, 0.2) is 0 Å². The predicted molar refractivity (Wildman–Crippen MR) is 58.4 cm³/mol. The molecule has 3 N–H and O–H groups in total. The zero-order chi connectivity index (χ0) is 10.0. The maximum absolute atomic E-state index is 9.74. The van der Waals surface area contributed by atoms with Crippen LogP contribution < -0.4 is 5.73 Å². The number of aliphatic hydroxyl groups is 1. The minimum absolute atomic E-state index is 0.0731. The third-order valence-electron chi connectivity index (χ3n) is 3.38. The summed E-state index contributed by atoms with van der Waals surface area (Å²) >= 11 is 1.96. The van der Waals surface area contributed by atoms with Gasteiger partial charge >= 0.3 is 0 Å². The van der Waals surface area contributed by atoms with Crippen LogP contribution in [-0.4, -0.2) is 41.5 Å². The molecule has 0 amide bonds. The van der Waals surface area contributed by atoms with Crippen LogP contribution in [0.4, 0.5) is 0 Å². The van der Waals surface area contributed by atoms with E-state index < -0.39 is 0 Å². The van der Waals surface area contributed by atoms with E-state index in [4.69, 9.17) is 10.5 Å². The van der Waals surface area contributed by atoms with E-state index in [0.29, 0.717) is 12.5 Å². The standard InChI is InChI=1S/C10H19NO2S/c11-6-9(12)8-1-3-13-10(5-8)2-4-14-7-10/h8-9,12H,1-7,11H2. The molecule has 4 heteroatoms. The highest BCUT2D eigenvalue weighted by atomic mass is 32.2. The minimum Gasteiger partial charge on any atom is -0.392 e. The van der Waals surface area contributed by atoms with Crippen molar-refractivity contribution in [3.05, 3.63) is 0 Å². The highest BCUT2D eigenvalue weighted by Gasteiger charge is 2.41. The largest absolute Gasteiger partial charge is 0.392 e. The first-order valence-corrected chi connectivity index (χ1v) is 6.51. The van der Waals surface area contributed by atoms with E-state index in [1.165, 1.54) is 5.75 Å². The highest BCUT2D eigenvalue weighted by Crippen LogP contribution is 2.41. The maximum atomic E-state index is 9.74. The second-order valence-electron chi connectivity index (χ2n) is 4.39. The van der Waals surface area contributed by atoms with Gasteiger partial charge in [0, 0.05) is 18.9 Å². The van der Waals surface area contributed by atoms with Crippen LogP contribution in [0, 0.1) is 5.92 Å². The fourth-order valence-electron chi connectivity index (χ4n) is 2.45. The van der Waals surface area contributed by atoms with E-state index in [-0.39, 0.29) is 11.7 Å². The van der Waals surface area contributed by atoms with Crippen LogP contribution >= 0.6 is 11.8 Å². The Hall–Kier alpha value is 0.230. The molecular weight excluding hydrogens is 198 g/mol. The van der Waals surface area contributed by atoms with Crippen molar-refractivity contribution >= 4 is 11.8 Å². The molecule has 2 heterocycles. The first kappa shape index (κ1) is 10.7. The molecule has 3 atom stereocenters. The Bertz CT molecular complexity index is 195. The molecule has 0 bridgehead atoms. The van der Waals surface area contributed by atoms with Gasteiger partial charge in [-0.05, 0) is 30.9 Å². The second-order valence-corrected chi connectivity index (χ2v) is 5.50. The Labute approximate surface area is 89.4 Å². The fraction of sp³-hybridized carbons (Fsp3) is 1.00. The van der Waals surface area contributed by atoms with Crippen LogP contribution in [0.1, 0.15) is 19.3 Å². The van der Waals surface area contributed by atoms with Crippen molar-refractivity contribution in [2.45, 2.75) is 31.0 Å². The van der Waals surface area contributed by atoms with Crippen molar-refractivity contribution in [3.63, 3.8) is 0 Å². The second kappa shape index (κ2) is 4.39. The molecule has 2 rings (SSSR count). The predicted octanol–water partition coefficient (Wildman–Crippen LogP) is 0.608. The van der Waals surface area contributed by atoms with Crippen LogP contribution in [0.15, 0.2) is 0 Å². The summed E-state index contributed by atoms with van der Waals surface area (Å²) in [5.74, 6) is 2.65. The van der Waals surface area contributed by atoms with Gasteiger partial charge in [-0.25, -0.2) is 0 Å². The summed E-state index contributed by atoms with van der Waals surface area (Å²) in [6.45, 7) is 1.18. The molecule has 1 spiro atoms. The normalized spacial score (nSPS) is 40.3. The van der Waals surface area contributed by atoms with Crippen LogP contribution in [0.5, 0.6) is 0 Å². The van der Waals surface area contributed by atoms with E-state index in [1.54, 1.807) is 0 Å². The molecule has 3 unspecified atom stereocenters. The van der Waals surface area contributed by atoms with E-state index in [9.17, 15) is 5.11 Å². The van der Waals surface area contributed by atoms with E-state index in [2.05, 4.69) is 0 Å². The van der Waals surface area contributed by atoms with Crippen molar-refractivity contribution in [1.82, 2.24) is 0 Å². The number of thioether (sulfide) groups is 1.